The lowest BCUT2D eigenvalue weighted by atomic mass is 9.84. The van der Waals surface area contributed by atoms with Crippen molar-refractivity contribution in [2.24, 2.45) is 5.92 Å². The predicted molar refractivity (Wildman–Crippen MR) is 72.8 cm³/mol. The van der Waals surface area contributed by atoms with Crippen LogP contribution in [0, 0.1) is 5.92 Å². The predicted octanol–water partition coefficient (Wildman–Crippen LogP) is 1.14. The first-order chi connectivity index (χ1) is 8.98. The van der Waals surface area contributed by atoms with Crippen LogP contribution in [0.5, 0.6) is 0 Å². The summed E-state index contributed by atoms with van der Waals surface area (Å²) in [7, 11) is -2.94. The van der Waals surface area contributed by atoms with Gasteiger partial charge >= 0.3 is 5.97 Å². The molecule has 2 rings (SSSR count). The van der Waals surface area contributed by atoms with Crippen molar-refractivity contribution in [1.82, 2.24) is 4.90 Å². The van der Waals surface area contributed by atoms with E-state index in [2.05, 4.69) is 0 Å². The van der Waals surface area contributed by atoms with Gasteiger partial charge in [0.05, 0.1) is 11.5 Å². The molecule has 0 aromatic rings. The van der Waals surface area contributed by atoms with Crippen molar-refractivity contribution in [2.75, 3.05) is 24.6 Å². The third-order valence-electron chi connectivity index (χ3n) is 4.39. The fraction of sp³-hybridized carbons (Fsp3) is 0.923. The van der Waals surface area contributed by atoms with Crippen LogP contribution in [-0.4, -0.2) is 55.0 Å². The third-order valence-corrected chi connectivity index (χ3v) is 6.00. The maximum atomic E-state index is 11.4. The van der Waals surface area contributed by atoms with E-state index in [1.807, 2.05) is 4.90 Å². The second-order valence-electron chi connectivity index (χ2n) is 5.78. The lowest BCUT2D eigenvalue weighted by molar-refractivity contribution is -0.144. The van der Waals surface area contributed by atoms with Crippen molar-refractivity contribution in [1.29, 1.82) is 0 Å². The Morgan fingerprint density at radius 1 is 1.16 bits per heavy atom. The van der Waals surface area contributed by atoms with Crippen LogP contribution in [0.4, 0.5) is 0 Å². The molecule has 0 radical (unpaired) electrons. The Hall–Kier alpha value is -0.620. The Bertz CT molecular complexity index is 400. The Labute approximate surface area is 114 Å². The number of hydrogen-bond donors (Lipinski definition) is 1. The molecule has 2 aliphatic rings. The molecule has 0 aromatic heterocycles. The van der Waals surface area contributed by atoms with E-state index in [-0.39, 0.29) is 11.5 Å². The molecule has 0 unspecified atom stereocenters. The van der Waals surface area contributed by atoms with Gasteiger partial charge in [0.15, 0.2) is 9.84 Å². The quantitative estimate of drug-likeness (QED) is 0.840. The Morgan fingerprint density at radius 2 is 1.74 bits per heavy atom. The zero-order chi connectivity index (χ0) is 13.9. The molecular weight excluding hydrogens is 266 g/mol. The molecule has 1 N–H and O–H groups in total. The highest BCUT2D eigenvalue weighted by Crippen LogP contribution is 2.29. The van der Waals surface area contributed by atoms with Crippen molar-refractivity contribution in [3.8, 4) is 0 Å². The van der Waals surface area contributed by atoms with E-state index >= 15 is 0 Å². The highest BCUT2D eigenvalue weighted by molar-refractivity contribution is 7.91. The number of carboxylic acid groups (broad SMARTS) is 1. The lowest BCUT2D eigenvalue weighted by Gasteiger charge is -2.34. The Balaban J connectivity index is 1.94. The van der Waals surface area contributed by atoms with Crippen LogP contribution in [0.15, 0.2) is 0 Å². The number of rotatable bonds is 4. The van der Waals surface area contributed by atoms with E-state index in [1.165, 1.54) is 19.3 Å². The van der Waals surface area contributed by atoms with Gasteiger partial charge < -0.3 is 5.11 Å². The molecule has 0 amide bonds. The molecule has 0 bridgehead atoms. The molecule has 1 aliphatic heterocycles. The summed E-state index contributed by atoms with van der Waals surface area (Å²) in [6.45, 7) is 0.734. The fourth-order valence-electron chi connectivity index (χ4n) is 3.18. The first kappa shape index (κ1) is 14.8. The van der Waals surface area contributed by atoms with Crippen LogP contribution in [0.25, 0.3) is 0 Å². The van der Waals surface area contributed by atoms with Crippen LogP contribution in [-0.2, 0) is 14.6 Å². The van der Waals surface area contributed by atoms with Gasteiger partial charge in [-0.05, 0) is 12.3 Å². The number of nitrogens with zero attached hydrogens (tertiary/aromatic N) is 1. The molecule has 1 heterocycles. The summed E-state index contributed by atoms with van der Waals surface area (Å²) in [5.41, 5.74) is 0. The Kier molecular flexibility index (Phi) is 4.84. The number of sulfone groups is 1. The molecule has 1 saturated carbocycles. The lowest BCUT2D eigenvalue weighted by Crippen LogP contribution is -2.50. The monoisotopic (exact) mass is 289 g/mol. The third kappa shape index (κ3) is 4.18. The van der Waals surface area contributed by atoms with Crippen LogP contribution in [0.1, 0.15) is 38.5 Å². The summed E-state index contributed by atoms with van der Waals surface area (Å²) in [5.74, 6) is -0.110. The summed E-state index contributed by atoms with van der Waals surface area (Å²) < 4.78 is 22.8. The summed E-state index contributed by atoms with van der Waals surface area (Å²) in [6, 6.07) is -0.501. The molecule has 110 valence electrons. The van der Waals surface area contributed by atoms with Crippen molar-refractivity contribution in [3.05, 3.63) is 0 Å². The van der Waals surface area contributed by atoms with Gasteiger partial charge in [-0.3, -0.25) is 9.69 Å². The maximum absolute atomic E-state index is 11.4. The van der Waals surface area contributed by atoms with E-state index in [0.29, 0.717) is 25.4 Å². The van der Waals surface area contributed by atoms with Crippen LogP contribution in [0.2, 0.25) is 0 Å². The number of carboxylic acids is 1. The molecule has 0 aromatic carbocycles. The van der Waals surface area contributed by atoms with Crippen molar-refractivity contribution in [2.45, 2.75) is 44.6 Å². The standard InChI is InChI=1S/C13H23NO4S/c15-13(16)12(10-11-4-2-1-3-5-11)14-6-8-19(17,18)9-7-14/h11-12H,1-10H2,(H,15,16)/t12-/m1/s1. The molecule has 1 aliphatic carbocycles. The second-order valence-corrected chi connectivity index (χ2v) is 8.09. The maximum Gasteiger partial charge on any atom is 0.320 e. The largest absolute Gasteiger partial charge is 0.480 e. The van der Waals surface area contributed by atoms with Gasteiger partial charge in [-0.15, -0.1) is 0 Å². The van der Waals surface area contributed by atoms with Gasteiger partial charge in [0.2, 0.25) is 0 Å². The molecule has 0 spiro atoms. The second kappa shape index (κ2) is 6.22. The first-order valence-electron chi connectivity index (χ1n) is 7.15. The SMILES string of the molecule is O=C(O)[C@@H](CC1CCCCC1)N1CCS(=O)(=O)CC1. The van der Waals surface area contributed by atoms with Gasteiger partial charge in [0, 0.05) is 13.1 Å². The number of aliphatic carboxylic acids is 1. The zero-order valence-corrected chi connectivity index (χ0v) is 12.1. The number of hydrogen-bond acceptors (Lipinski definition) is 4. The van der Waals surface area contributed by atoms with Crippen LogP contribution < -0.4 is 0 Å². The minimum atomic E-state index is -2.94. The molecular formula is C13H23NO4S. The molecule has 6 heteroatoms. The van der Waals surface area contributed by atoms with E-state index in [0.717, 1.165) is 12.8 Å². The normalized spacial score (nSPS) is 26.9. The molecule has 5 nitrogen and oxygen atoms in total. The van der Waals surface area contributed by atoms with Crippen LogP contribution in [0.3, 0.4) is 0 Å². The molecule has 19 heavy (non-hydrogen) atoms. The van der Waals surface area contributed by atoms with E-state index in [1.54, 1.807) is 0 Å². The van der Waals surface area contributed by atoms with E-state index < -0.39 is 21.8 Å². The summed E-state index contributed by atoms with van der Waals surface area (Å²) in [5, 5.41) is 9.40. The molecule has 1 saturated heterocycles. The van der Waals surface area contributed by atoms with E-state index in [9.17, 15) is 18.3 Å². The summed E-state index contributed by atoms with van der Waals surface area (Å²) >= 11 is 0. The minimum absolute atomic E-state index is 0.0987. The van der Waals surface area contributed by atoms with Crippen molar-refractivity contribution in [3.63, 3.8) is 0 Å². The molecule has 2 fully saturated rings. The molecule has 1 atom stereocenters. The van der Waals surface area contributed by atoms with Crippen molar-refractivity contribution >= 4 is 15.8 Å². The average Bonchev–Trinajstić information content (AvgIpc) is 2.37. The fourth-order valence-corrected chi connectivity index (χ4v) is 4.41. The van der Waals surface area contributed by atoms with E-state index in [4.69, 9.17) is 0 Å². The van der Waals surface area contributed by atoms with Crippen molar-refractivity contribution < 1.29 is 18.3 Å². The van der Waals surface area contributed by atoms with Gasteiger partial charge in [-0.25, -0.2) is 8.42 Å². The Morgan fingerprint density at radius 3 is 2.26 bits per heavy atom. The average molecular weight is 289 g/mol. The van der Waals surface area contributed by atoms with Gasteiger partial charge in [-0.1, -0.05) is 32.1 Å². The van der Waals surface area contributed by atoms with Crippen LogP contribution >= 0.6 is 0 Å². The minimum Gasteiger partial charge on any atom is -0.480 e. The number of carbonyl (C=O) groups is 1. The van der Waals surface area contributed by atoms with Gasteiger partial charge in [-0.2, -0.15) is 0 Å². The van der Waals surface area contributed by atoms with Gasteiger partial charge in [0.1, 0.15) is 6.04 Å². The summed E-state index contributed by atoms with van der Waals surface area (Å²) in [6.07, 6.45) is 6.58. The summed E-state index contributed by atoms with van der Waals surface area (Å²) in [4.78, 5) is 13.3. The van der Waals surface area contributed by atoms with Gasteiger partial charge in [0.25, 0.3) is 0 Å². The first-order valence-corrected chi connectivity index (χ1v) is 8.97. The highest BCUT2D eigenvalue weighted by atomic mass is 32.2. The topological polar surface area (TPSA) is 74.7 Å². The zero-order valence-electron chi connectivity index (χ0n) is 11.3. The highest BCUT2D eigenvalue weighted by Gasteiger charge is 2.33. The smallest absolute Gasteiger partial charge is 0.320 e.